The molecule has 1 rings (SSSR count). The van der Waals surface area contributed by atoms with Gasteiger partial charge in [0.2, 0.25) is 0 Å². The molecule has 4 heteroatoms. The first-order valence-corrected chi connectivity index (χ1v) is 4.55. The first kappa shape index (κ1) is 8.41. The topological polar surface area (TPSA) is 17.1 Å². The Hall–Kier alpha value is -0.690. The van der Waals surface area contributed by atoms with Gasteiger partial charge in [0.1, 0.15) is 0 Å². The van der Waals surface area contributed by atoms with Crippen molar-refractivity contribution in [2.24, 2.45) is 0 Å². The lowest BCUT2D eigenvalue weighted by Crippen LogP contribution is -1.96. The van der Waals surface area contributed by atoms with Crippen LogP contribution in [0, 0.1) is 6.92 Å². The normalized spacial score (nSPS) is 11.5. The smallest absolute Gasteiger partial charge is 0.244 e. The van der Waals surface area contributed by atoms with Gasteiger partial charge in [-0.3, -0.25) is 0 Å². The second-order valence-corrected chi connectivity index (χ2v) is 3.74. The molecule has 0 N–H and O–H groups in total. The lowest BCUT2D eigenvalue weighted by Gasteiger charge is -1.97. The molecule has 11 heavy (non-hydrogen) atoms. The summed E-state index contributed by atoms with van der Waals surface area (Å²) in [6, 6.07) is 5.41. The van der Waals surface area contributed by atoms with E-state index in [0.717, 1.165) is 5.56 Å². The van der Waals surface area contributed by atoms with Gasteiger partial charge in [-0.05, 0) is 19.1 Å². The van der Waals surface area contributed by atoms with Crippen LogP contribution in [-0.2, 0) is 4.57 Å². The van der Waals surface area contributed by atoms with E-state index in [0.29, 0.717) is 0 Å². The molecule has 0 fully saturated rings. The molecule has 0 heterocycles. The van der Waals surface area contributed by atoms with E-state index in [2.05, 4.69) is 0 Å². The summed E-state index contributed by atoms with van der Waals surface area (Å²) in [4.78, 5) is 0. The fraction of sp³-hybridized carbons (Fsp3) is 0.143. The van der Waals surface area contributed by atoms with Crippen LogP contribution in [0.25, 0.3) is 0 Å². The molecule has 0 saturated carbocycles. The van der Waals surface area contributed by atoms with Crippen molar-refractivity contribution in [3.63, 3.8) is 0 Å². The van der Waals surface area contributed by atoms with E-state index < -0.39 is 7.76 Å². The molecule has 0 amide bonds. The van der Waals surface area contributed by atoms with E-state index in [9.17, 15) is 13.0 Å². The van der Waals surface area contributed by atoms with Gasteiger partial charge in [-0.15, -0.1) is 8.39 Å². The van der Waals surface area contributed by atoms with Crippen molar-refractivity contribution in [3.05, 3.63) is 29.8 Å². The first-order chi connectivity index (χ1) is 5.00. The summed E-state index contributed by atoms with van der Waals surface area (Å²) in [6.45, 7) is 1.78. The van der Waals surface area contributed by atoms with Crippen LogP contribution in [0.3, 0.4) is 0 Å². The summed E-state index contributed by atoms with van der Waals surface area (Å²) in [7, 11) is -5.04. The molecule has 0 radical (unpaired) electrons. The molecule has 0 aliphatic heterocycles. The van der Waals surface area contributed by atoms with Crippen LogP contribution < -0.4 is 5.30 Å². The molecule has 1 aromatic carbocycles. The Bertz CT molecular complexity index is 288. The molecule has 0 unspecified atom stereocenters. The molecule has 0 spiro atoms. The monoisotopic (exact) mass is 176 g/mol. The summed E-state index contributed by atoms with van der Waals surface area (Å²) in [6.07, 6.45) is 0. The molecule has 0 atom stereocenters. The SMILES string of the molecule is Cc1ccc(P(=O)(F)F)cc1. The Labute approximate surface area is 63.7 Å². The van der Waals surface area contributed by atoms with E-state index >= 15 is 0 Å². The third-order valence-corrected chi connectivity index (χ3v) is 2.23. The maximum absolute atomic E-state index is 12.1. The Morgan fingerprint density at radius 1 is 1.18 bits per heavy atom. The minimum Gasteiger partial charge on any atom is -0.244 e. The molecule has 1 aromatic rings. The molecule has 0 aliphatic rings. The second kappa shape index (κ2) is 2.74. The zero-order chi connectivity index (χ0) is 8.48. The highest BCUT2D eigenvalue weighted by molar-refractivity contribution is 7.61. The fourth-order valence-electron chi connectivity index (χ4n) is 0.718. The van der Waals surface area contributed by atoms with Gasteiger partial charge < -0.3 is 0 Å². The number of halogens is 2. The number of benzene rings is 1. The van der Waals surface area contributed by atoms with E-state index in [1.54, 1.807) is 6.92 Å². The van der Waals surface area contributed by atoms with Crippen LogP contribution >= 0.6 is 7.76 Å². The van der Waals surface area contributed by atoms with Crippen LogP contribution in [-0.4, -0.2) is 0 Å². The van der Waals surface area contributed by atoms with Crippen molar-refractivity contribution in [1.29, 1.82) is 0 Å². The number of hydrogen-bond acceptors (Lipinski definition) is 1. The van der Waals surface area contributed by atoms with Gasteiger partial charge in [0, 0.05) is 0 Å². The van der Waals surface area contributed by atoms with Crippen molar-refractivity contribution in [1.82, 2.24) is 0 Å². The average Bonchev–Trinajstić information content (AvgIpc) is 1.86. The van der Waals surface area contributed by atoms with E-state index in [4.69, 9.17) is 0 Å². The number of rotatable bonds is 1. The third kappa shape index (κ3) is 2.12. The van der Waals surface area contributed by atoms with Gasteiger partial charge in [-0.1, -0.05) is 17.7 Å². The highest BCUT2D eigenvalue weighted by atomic mass is 31.2. The summed E-state index contributed by atoms with van der Waals surface area (Å²) in [5, 5.41) is -0.372. The van der Waals surface area contributed by atoms with Gasteiger partial charge in [0.05, 0.1) is 5.30 Å². The zero-order valence-electron chi connectivity index (χ0n) is 5.92. The highest BCUT2D eigenvalue weighted by Gasteiger charge is 2.21. The third-order valence-electron chi connectivity index (χ3n) is 1.33. The average molecular weight is 176 g/mol. The van der Waals surface area contributed by atoms with Gasteiger partial charge in [-0.2, -0.15) is 0 Å². The maximum atomic E-state index is 12.1. The summed E-state index contributed by atoms with van der Waals surface area (Å²) >= 11 is 0. The summed E-state index contributed by atoms with van der Waals surface area (Å²) in [5.74, 6) is 0. The van der Waals surface area contributed by atoms with Gasteiger partial charge in [0.25, 0.3) is 0 Å². The summed E-state index contributed by atoms with van der Waals surface area (Å²) in [5.41, 5.74) is 0.877. The summed E-state index contributed by atoms with van der Waals surface area (Å²) < 4.78 is 34.5. The molecule has 60 valence electrons. The van der Waals surface area contributed by atoms with Crippen LogP contribution in [0.5, 0.6) is 0 Å². The van der Waals surface area contributed by atoms with Crippen molar-refractivity contribution in [2.75, 3.05) is 0 Å². The van der Waals surface area contributed by atoms with Crippen LogP contribution in [0.15, 0.2) is 24.3 Å². The predicted molar refractivity (Wildman–Crippen MR) is 40.6 cm³/mol. The van der Waals surface area contributed by atoms with Crippen LogP contribution in [0.2, 0.25) is 0 Å². The Morgan fingerprint density at radius 3 is 2.00 bits per heavy atom. The second-order valence-electron chi connectivity index (χ2n) is 2.30. The highest BCUT2D eigenvalue weighted by Crippen LogP contribution is 2.47. The molecule has 1 nitrogen and oxygen atoms in total. The van der Waals surface area contributed by atoms with Crippen molar-refractivity contribution in [2.45, 2.75) is 6.92 Å². The number of hydrogen-bond donors (Lipinski definition) is 0. The maximum Gasteiger partial charge on any atom is 0.433 e. The minimum absolute atomic E-state index is 0.372. The van der Waals surface area contributed by atoms with Crippen molar-refractivity contribution < 1.29 is 13.0 Å². The van der Waals surface area contributed by atoms with Crippen molar-refractivity contribution in [3.8, 4) is 0 Å². The molecule has 0 aliphatic carbocycles. The predicted octanol–water partition coefficient (Wildman–Crippen LogP) is 2.75. The Morgan fingerprint density at radius 2 is 1.64 bits per heavy atom. The van der Waals surface area contributed by atoms with Crippen molar-refractivity contribution >= 4 is 13.1 Å². The Kier molecular flexibility index (Phi) is 2.10. The van der Waals surface area contributed by atoms with Gasteiger partial charge in [0.15, 0.2) is 0 Å². The number of aryl methyl sites for hydroxylation is 1. The van der Waals surface area contributed by atoms with Crippen LogP contribution in [0.1, 0.15) is 5.56 Å². The molecular weight excluding hydrogens is 169 g/mol. The lowest BCUT2D eigenvalue weighted by atomic mass is 10.2. The quantitative estimate of drug-likeness (QED) is 0.601. The lowest BCUT2D eigenvalue weighted by molar-refractivity contribution is 0.507. The molecule has 0 saturated heterocycles. The van der Waals surface area contributed by atoms with Gasteiger partial charge in [-0.25, -0.2) is 4.57 Å². The largest absolute Gasteiger partial charge is 0.433 e. The standard InChI is InChI=1S/C7H7F2OP/c1-6-2-4-7(5-3-6)11(8,9)10/h2-5H,1H3. The molecule has 0 bridgehead atoms. The fourth-order valence-corrected chi connectivity index (χ4v) is 1.21. The van der Waals surface area contributed by atoms with E-state index in [-0.39, 0.29) is 5.30 Å². The molecule has 0 aromatic heterocycles. The van der Waals surface area contributed by atoms with Gasteiger partial charge >= 0.3 is 7.76 Å². The first-order valence-electron chi connectivity index (χ1n) is 3.07. The Balaban J connectivity index is 3.09. The zero-order valence-corrected chi connectivity index (χ0v) is 6.82. The molecular formula is C7H7F2OP. The van der Waals surface area contributed by atoms with Crippen LogP contribution in [0.4, 0.5) is 8.39 Å². The van der Waals surface area contributed by atoms with E-state index in [1.807, 2.05) is 0 Å². The minimum atomic E-state index is -5.04. The van der Waals surface area contributed by atoms with E-state index in [1.165, 1.54) is 24.3 Å².